The van der Waals surface area contributed by atoms with Gasteiger partial charge in [0.15, 0.2) is 0 Å². The molecule has 1 fully saturated rings. The van der Waals surface area contributed by atoms with Gasteiger partial charge in [-0.1, -0.05) is 13.3 Å². The highest BCUT2D eigenvalue weighted by atomic mass is 16.3. The number of aliphatic hydroxyl groups is 1. The van der Waals surface area contributed by atoms with E-state index in [0.29, 0.717) is 6.04 Å². The second-order valence-corrected chi connectivity index (χ2v) is 5.60. The van der Waals surface area contributed by atoms with Crippen molar-refractivity contribution in [1.29, 1.82) is 0 Å². The maximum atomic E-state index is 9.73. The molecule has 1 heterocycles. The number of rotatable bonds is 6. The van der Waals surface area contributed by atoms with Crippen molar-refractivity contribution in [3.63, 3.8) is 0 Å². The molecule has 16 heavy (non-hydrogen) atoms. The van der Waals surface area contributed by atoms with Crippen molar-refractivity contribution in [1.82, 2.24) is 10.2 Å². The van der Waals surface area contributed by atoms with E-state index >= 15 is 0 Å². The molecule has 2 N–H and O–H groups in total. The van der Waals surface area contributed by atoms with Crippen molar-refractivity contribution in [2.24, 2.45) is 0 Å². The van der Waals surface area contributed by atoms with Crippen LogP contribution in [0.5, 0.6) is 0 Å². The number of piperidine rings is 1. The molecule has 96 valence electrons. The van der Waals surface area contributed by atoms with Gasteiger partial charge >= 0.3 is 0 Å². The Balaban J connectivity index is 2.25. The van der Waals surface area contributed by atoms with Gasteiger partial charge in [0, 0.05) is 19.1 Å². The first-order chi connectivity index (χ1) is 7.51. The van der Waals surface area contributed by atoms with Crippen molar-refractivity contribution < 1.29 is 5.11 Å². The molecule has 0 aromatic carbocycles. The van der Waals surface area contributed by atoms with Crippen LogP contribution in [-0.2, 0) is 0 Å². The molecule has 1 saturated heterocycles. The normalized spacial score (nSPS) is 22.7. The highest BCUT2D eigenvalue weighted by Gasteiger charge is 2.18. The van der Waals surface area contributed by atoms with E-state index in [1.807, 2.05) is 13.8 Å². The summed E-state index contributed by atoms with van der Waals surface area (Å²) in [5.41, 5.74) is -0.534. The summed E-state index contributed by atoms with van der Waals surface area (Å²) in [6, 6.07) is 0.663. The van der Waals surface area contributed by atoms with Crippen LogP contribution in [0.25, 0.3) is 0 Å². The van der Waals surface area contributed by atoms with Crippen LogP contribution in [0.4, 0.5) is 0 Å². The first-order valence-electron chi connectivity index (χ1n) is 6.69. The van der Waals surface area contributed by atoms with Crippen LogP contribution < -0.4 is 5.32 Å². The zero-order valence-corrected chi connectivity index (χ0v) is 11.1. The van der Waals surface area contributed by atoms with E-state index in [1.54, 1.807) is 0 Å². The molecule has 3 nitrogen and oxygen atoms in total. The van der Waals surface area contributed by atoms with Crippen molar-refractivity contribution in [3.8, 4) is 0 Å². The summed E-state index contributed by atoms with van der Waals surface area (Å²) < 4.78 is 0. The van der Waals surface area contributed by atoms with Gasteiger partial charge in [0.2, 0.25) is 0 Å². The Kier molecular flexibility index (Phi) is 5.73. The second kappa shape index (κ2) is 6.58. The van der Waals surface area contributed by atoms with Crippen LogP contribution >= 0.6 is 0 Å². The first-order valence-corrected chi connectivity index (χ1v) is 6.69. The lowest BCUT2D eigenvalue weighted by molar-refractivity contribution is 0.0565. The van der Waals surface area contributed by atoms with Crippen LogP contribution in [0.15, 0.2) is 0 Å². The van der Waals surface area contributed by atoms with E-state index in [-0.39, 0.29) is 0 Å². The number of likely N-dealkylation sites (N-methyl/N-ethyl adjacent to an activating group) is 1. The van der Waals surface area contributed by atoms with Gasteiger partial charge in [0.05, 0.1) is 5.60 Å². The maximum absolute atomic E-state index is 9.73. The molecule has 0 aromatic heterocycles. The molecule has 0 aliphatic carbocycles. The van der Waals surface area contributed by atoms with E-state index in [2.05, 4.69) is 17.1 Å². The molecule has 0 radical (unpaired) electrons. The third-order valence-corrected chi connectivity index (χ3v) is 3.38. The van der Waals surface area contributed by atoms with Gasteiger partial charge in [-0.25, -0.2) is 0 Å². The van der Waals surface area contributed by atoms with Crippen LogP contribution in [0.3, 0.4) is 0 Å². The molecule has 0 amide bonds. The molecule has 1 rings (SSSR count). The highest BCUT2D eigenvalue weighted by molar-refractivity contribution is 4.77. The zero-order valence-electron chi connectivity index (χ0n) is 11.1. The van der Waals surface area contributed by atoms with E-state index in [9.17, 15) is 5.11 Å². The molecule has 1 unspecified atom stereocenters. The van der Waals surface area contributed by atoms with Gasteiger partial charge in [0.1, 0.15) is 0 Å². The Morgan fingerprint density at radius 3 is 2.62 bits per heavy atom. The number of hydrogen-bond acceptors (Lipinski definition) is 3. The Bertz CT molecular complexity index is 183. The van der Waals surface area contributed by atoms with Gasteiger partial charge in [0.25, 0.3) is 0 Å². The second-order valence-electron chi connectivity index (χ2n) is 5.60. The topological polar surface area (TPSA) is 35.5 Å². The van der Waals surface area contributed by atoms with Crippen LogP contribution in [0.1, 0.15) is 46.5 Å². The lowest BCUT2D eigenvalue weighted by atomic mass is 10.0. The Hall–Kier alpha value is -0.120. The number of nitrogens with zero attached hydrogens (tertiary/aromatic N) is 1. The van der Waals surface area contributed by atoms with Gasteiger partial charge in [-0.3, -0.25) is 0 Å². The quantitative estimate of drug-likeness (QED) is 0.725. The summed E-state index contributed by atoms with van der Waals surface area (Å²) in [5.74, 6) is 0. The summed E-state index contributed by atoms with van der Waals surface area (Å²) in [7, 11) is 0. The van der Waals surface area contributed by atoms with Crippen molar-refractivity contribution in [2.45, 2.75) is 58.1 Å². The molecular formula is C13H28N2O. The monoisotopic (exact) mass is 228 g/mol. The number of hydrogen-bond donors (Lipinski definition) is 2. The van der Waals surface area contributed by atoms with Crippen molar-refractivity contribution in [3.05, 3.63) is 0 Å². The van der Waals surface area contributed by atoms with E-state index in [1.165, 1.54) is 25.8 Å². The summed E-state index contributed by atoms with van der Waals surface area (Å²) >= 11 is 0. The predicted octanol–water partition coefficient (Wildman–Crippen LogP) is 1.61. The first kappa shape index (κ1) is 13.9. The maximum Gasteiger partial charge on any atom is 0.0603 e. The summed E-state index contributed by atoms with van der Waals surface area (Å²) in [5, 5.41) is 13.3. The smallest absolute Gasteiger partial charge is 0.0603 e. The fraction of sp³-hybridized carbons (Fsp3) is 1.00. The summed E-state index contributed by atoms with van der Waals surface area (Å²) in [4.78, 5) is 2.45. The summed E-state index contributed by atoms with van der Waals surface area (Å²) in [6.07, 6.45) is 4.85. The van der Waals surface area contributed by atoms with E-state index < -0.39 is 5.60 Å². The molecule has 1 atom stereocenters. The van der Waals surface area contributed by atoms with Crippen molar-refractivity contribution in [2.75, 3.05) is 26.2 Å². The van der Waals surface area contributed by atoms with Crippen LogP contribution in [0.2, 0.25) is 0 Å². The fourth-order valence-corrected chi connectivity index (χ4v) is 2.20. The summed E-state index contributed by atoms with van der Waals surface area (Å²) in [6.45, 7) is 10.4. The Labute approximate surface area is 100 Å². The van der Waals surface area contributed by atoms with Crippen molar-refractivity contribution >= 4 is 0 Å². The molecule has 0 aromatic rings. The molecule has 0 spiro atoms. The number of nitrogens with one attached hydrogen (secondary N) is 1. The molecule has 0 saturated carbocycles. The fourth-order valence-electron chi connectivity index (χ4n) is 2.20. The van der Waals surface area contributed by atoms with Gasteiger partial charge in [-0.05, 0) is 46.2 Å². The minimum absolute atomic E-state index is 0.534. The lowest BCUT2D eigenvalue weighted by Crippen LogP contribution is -2.44. The standard InChI is InChI=1S/C13H28N2O/c1-4-15(10-8-13(2,3)16)11-12-7-5-6-9-14-12/h12,14,16H,4-11H2,1-3H3. The third kappa shape index (κ3) is 5.83. The average Bonchev–Trinajstić information content (AvgIpc) is 2.24. The van der Waals surface area contributed by atoms with Crippen LogP contribution in [-0.4, -0.2) is 47.8 Å². The van der Waals surface area contributed by atoms with Gasteiger partial charge in [-0.2, -0.15) is 0 Å². The molecule has 1 aliphatic rings. The highest BCUT2D eigenvalue weighted by Crippen LogP contribution is 2.11. The lowest BCUT2D eigenvalue weighted by Gasteiger charge is -2.31. The molecule has 3 heteroatoms. The Morgan fingerprint density at radius 2 is 2.12 bits per heavy atom. The SMILES string of the molecule is CCN(CCC(C)(C)O)CC1CCCCN1. The van der Waals surface area contributed by atoms with Gasteiger partial charge < -0.3 is 15.3 Å². The third-order valence-electron chi connectivity index (χ3n) is 3.38. The Morgan fingerprint density at radius 1 is 1.38 bits per heavy atom. The predicted molar refractivity (Wildman–Crippen MR) is 68.7 cm³/mol. The largest absolute Gasteiger partial charge is 0.390 e. The van der Waals surface area contributed by atoms with Gasteiger partial charge in [-0.15, -0.1) is 0 Å². The molecular weight excluding hydrogens is 200 g/mol. The zero-order chi connectivity index (χ0) is 12.0. The molecule has 1 aliphatic heterocycles. The molecule has 0 bridgehead atoms. The van der Waals surface area contributed by atoms with E-state index in [0.717, 1.165) is 26.1 Å². The minimum atomic E-state index is -0.534. The van der Waals surface area contributed by atoms with E-state index in [4.69, 9.17) is 0 Å². The van der Waals surface area contributed by atoms with Crippen LogP contribution in [0, 0.1) is 0 Å². The average molecular weight is 228 g/mol. The minimum Gasteiger partial charge on any atom is -0.390 e.